The van der Waals surface area contributed by atoms with Crippen LogP contribution in [0.2, 0.25) is 0 Å². The number of aromatic nitrogens is 3. The van der Waals surface area contributed by atoms with Gasteiger partial charge in [-0.3, -0.25) is 0 Å². The minimum absolute atomic E-state index is 0.361. The smallest absolute Gasteiger partial charge is 0.134 e. The summed E-state index contributed by atoms with van der Waals surface area (Å²) in [5.41, 5.74) is 1.69. The van der Waals surface area contributed by atoms with Crippen molar-refractivity contribution >= 4 is 0 Å². The lowest BCUT2D eigenvalue weighted by Crippen LogP contribution is -2.01. The molecular formula is C16H15N3O2. The van der Waals surface area contributed by atoms with Crippen LogP contribution in [0.3, 0.4) is 0 Å². The van der Waals surface area contributed by atoms with Crippen LogP contribution in [0.15, 0.2) is 60.8 Å². The van der Waals surface area contributed by atoms with Gasteiger partial charge in [0.05, 0.1) is 19.0 Å². The fourth-order valence-electron chi connectivity index (χ4n) is 1.89. The standard InChI is InChI=1S/C16H15N3O2/c1-20-15-8-5-9-16(10-15)21-12-13-11-17-19(18-13)14-6-3-2-4-7-14/h2-11H,12H2,1H3. The van der Waals surface area contributed by atoms with Crippen molar-refractivity contribution in [2.75, 3.05) is 7.11 Å². The molecule has 0 radical (unpaired) electrons. The monoisotopic (exact) mass is 281 g/mol. The van der Waals surface area contributed by atoms with E-state index >= 15 is 0 Å². The Morgan fingerprint density at radius 3 is 2.62 bits per heavy atom. The summed E-state index contributed by atoms with van der Waals surface area (Å²) in [4.78, 5) is 1.59. The van der Waals surface area contributed by atoms with Crippen LogP contribution in [0.4, 0.5) is 0 Å². The summed E-state index contributed by atoms with van der Waals surface area (Å²) in [7, 11) is 1.63. The first-order valence-corrected chi connectivity index (χ1v) is 6.58. The zero-order valence-corrected chi connectivity index (χ0v) is 11.6. The number of hydrogen-bond donors (Lipinski definition) is 0. The summed E-state index contributed by atoms with van der Waals surface area (Å²) in [5, 5.41) is 8.62. The normalized spacial score (nSPS) is 10.3. The van der Waals surface area contributed by atoms with Crippen LogP contribution in [0.1, 0.15) is 5.69 Å². The SMILES string of the molecule is COc1cccc(OCc2cnn(-c3ccccc3)n2)c1. The third kappa shape index (κ3) is 3.20. The Balaban J connectivity index is 1.67. The van der Waals surface area contributed by atoms with Gasteiger partial charge in [-0.1, -0.05) is 24.3 Å². The third-order valence-electron chi connectivity index (χ3n) is 2.95. The zero-order chi connectivity index (χ0) is 14.5. The molecule has 1 heterocycles. The molecule has 0 aliphatic heterocycles. The van der Waals surface area contributed by atoms with Gasteiger partial charge in [0.2, 0.25) is 0 Å². The highest BCUT2D eigenvalue weighted by Crippen LogP contribution is 2.19. The number of para-hydroxylation sites is 1. The summed E-state index contributed by atoms with van der Waals surface area (Å²) in [6.45, 7) is 0.361. The lowest BCUT2D eigenvalue weighted by Gasteiger charge is -2.05. The van der Waals surface area contributed by atoms with Crippen LogP contribution in [0, 0.1) is 0 Å². The average Bonchev–Trinajstić information content (AvgIpc) is 3.03. The molecule has 3 rings (SSSR count). The molecule has 0 saturated heterocycles. The molecule has 0 N–H and O–H groups in total. The van der Waals surface area contributed by atoms with Crippen molar-refractivity contribution in [1.29, 1.82) is 0 Å². The maximum Gasteiger partial charge on any atom is 0.134 e. The van der Waals surface area contributed by atoms with Gasteiger partial charge in [-0.2, -0.15) is 9.90 Å². The van der Waals surface area contributed by atoms with E-state index in [-0.39, 0.29) is 0 Å². The molecule has 0 saturated carbocycles. The summed E-state index contributed by atoms with van der Waals surface area (Å²) >= 11 is 0. The molecular weight excluding hydrogens is 266 g/mol. The predicted octanol–water partition coefficient (Wildman–Crippen LogP) is 2.85. The van der Waals surface area contributed by atoms with Gasteiger partial charge in [0.15, 0.2) is 0 Å². The molecule has 5 nitrogen and oxygen atoms in total. The molecule has 5 heteroatoms. The van der Waals surface area contributed by atoms with Crippen molar-refractivity contribution in [2.24, 2.45) is 0 Å². The molecule has 0 unspecified atom stereocenters. The molecule has 106 valence electrons. The number of benzene rings is 2. The van der Waals surface area contributed by atoms with Gasteiger partial charge in [0.1, 0.15) is 23.8 Å². The van der Waals surface area contributed by atoms with Gasteiger partial charge in [-0.05, 0) is 24.3 Å². The Kier molecular flexibility index (Phi) is 3.82. The molecule has 3 aromatic rings. The van der Waals surface area contributed by atoms with Crippen LogP contribution < -0.4 is 9.47 Å². The highest BCUT2D eigenvalue weighted by Gasteiger charge is 2.04. The van der Waals surface area contributed by atoms with Gasteiger partial charge >= 0.3 is 0 Å². The maximum absolute atomic E-state index is 5.69. The molecule has 0 aliphatic rings. The van der Waals surface area contributed by atoms with Gasteiger partial charge in [0.25, 0.3) is 0 Å². The van der Waals surface area contributed by atoms with E-state index in [1.165, 1.54) is 0 Å². The molecule has 0 bridgehead atoms. The van der Waals surface area contributed by atoms with Crippen molar-refractivity contribution in [1.82, 2.24) is 15.0 Å². The second kappa shape index (κ2) is 6.09. The van der Waals surface area contributed by atoms with Crippen molar-refractivity contribution in [3.63, 3.8) is 0 Å². The van der Waals surface area contributed by atoms with E-state index in [1.807, 2.05) is 54.6 Å². The largest absolute Gasteiger partial charge is 0.497 e. The zero-order valence-electron chi connectivity index (χ0n) is 11.6. The Morgan fingerprint density at radius 1 is 1.00 bits per heavy atom. The third-order valence-corrected chi connectivity index (χ3v) is 2.95. The van der Waals surface area contributed by atoms with Crippen LogP contribution in [0.25, 0.3) is 5.69 Å². The van der Waals surface area contributed by atoms with E-state index in [0.717, 1.165) is 22.9 Å². The van der Waals surface area contributed by atoms with Gasteiger partial charge < -0.3 is 9.47 Å². The van der Waals surface area contributed by atoms with E-state index < -0.39 is 0 Å². The molecule has 21 heavy (non-hydrogen) atoms. The number of nitrogens with zero attached hydrogens (tertiary/aromatic N) is 3. The lowest BCUT2D eigenvalue weighted by molar-refractivity contribution is 0.298. The minimum Gasteiger partial charge on any atom is -0.497 e. The predicted molar refractivity (Wildman–Crippen MR) is 78.7 cm³/mol. The molecule has 0 amide bonds. The van der Waals surface area contributed by atoms with E-state index in [4.69, 9.17) is 9.47 Å². The quantitative estimate of drug-likeness (QED) is 0.721. The molecule has 0 aliphatic carbocycles. The molecule has 0 fully saturated rings. The lowest BCUT2D eigenvalue weighted by atomic mass is 10.3. The van der Waals surface area contributed by atoms with Gasteiger partial charge in [-0.25, -0.2) is 0 Å². The molecule has 1 aromatic heterocycles. The van der Waals surface area contributed by atoms with Crippen molar-refractivity contribution in [3.05, 3.63) is 66.5 Å². The fourth-order valence-corrected chi connectivity index (χ4v) is 1.89. The Hall–Kier alpha value is -2.82. The Labute approximate surface area is 122 Å². The Bertz CT molecular complexity index is 710. The summed E-state index contributed by atoms with van der Waals surface area (Å²) in [6.07, 6.45) is 1.70. The van der Waals surface area contributed by atoms with Crippen molar-refractivity contribution in [2.45, 2.75) is 6.61 Å². The van der Waals surface area contributed by atoms with Gasteiger partial charge in [-0.15, -0.1) is 5.10 Å². The highest BCUT2D eigenvalue weighted by molar-refractivity contribution is 5.33. The number of methoxy groups -OCH3 is 1. The highest BCUT2D eigenvalue weighted by atomic mass is 16.5. The second-order valence-corrected chi connectivity index (χ2v) is 4.43. The van der Waals surface area contributed by atoms with Gasteiger partial charge in [0, 0.05) is 6.07 Å². The maximum atomic E-state index is 5.69. The van der Waals surface area contributed by atoms with E-state index in [9.17, 15) is 0 Å². The number of rotatable bonds is 5. The summed E-state index contributed by atoms with van der Waals surface area (Å²) < 4.78 is 10.8. The average molecular weight is 281 g/mol. The molecule has 0 spiro atoms. The van der Waals surface area contributed by atoms with Crippen LogP contribution in [0.5, 0.6) is 11.5 Å². The summed E-state index contributed by atoms with van der Waals surface area (Å²) in [5.74, 6) is 1.50. The van der Waals surface area contributed by atoms with Crippen molar-refractivity contribution < 1.29 is 9.47 Å². The Morgan fingerprint density at radius 2 is 1.81 bits per heavy atom. The first kappa shape index (κ1) is 13.2. The first-order chi connectivity index (χ1) is 10.3. The topological polar surface area (TPSA) is 49.2 Å². The number of ether oxygens (including phenoxy) is 2. The van der Waals surface area contributed by atoms with E-state index in [2.05, 4.69) is 10.2 Å². The molecule has 0 atom stereocenters. The minimum atomic E-state index is 0.361. The second-order valence-electron chi connectivity index (χ2n) is 4.43. The van der Waals surface area contributed by atoms with Crippen LogP contribution in [-0.2, 0) is 6.61 Å². The molecule has 2 aromatic carbocycles. The van der Waals surface area contributed by atoms with Crippen LogP contribution in [-0.4, -0.2) is 22.1 Å². The van der Waals surface area contributed by atoms with Crippen LogP contribution >= 0.6 is 0 Å². The van der Waals surface area contributed by atoms with Crippen molar-refractivity contribution in [3.8, 4) is 17.2 Å². The van der Waals surface area contributed by atoms with E-state index in [0.29, 0.717) is 6.61 Å². The van der Waals surface area contributed by atoms with E-state index in [1.54, 1.807) is 18.1 Å². The summed E-state index contributed by atoms with van der Waals surface area (Å²) in [6, 6.07) is 17.2. The number of hydrogen-bond acceptors (Lipinski definition) is 4. The fraction of sp³-hybridized carbons (Fsp3) is 0.125. The first-order valence-electron chi connectivity index (χ1n) is 6.58.